The minimum atomic E-state index is -0.349. The molecule has 22 heavy (non-hydrogen) atoms. The van der Waals surface area contributed by atoms with E-state index in [1.165, 1.54) is 23.5 Å². The number of amides is 1. The van der Waals surface area contributed by atoms with Crippen LogP contribution in [0, 0.1) is 5.82 Å². The maximum atomic E-state index is 13.2. The van der Waals surface area contributed by atoms with Crippen molar-refractivity contribution in [1.29, 1.82) is 0 Å². The van der Waals surface area contributed by atoms with Gasteiger partial charge in [-0.3, -0.25) is 4.79 Å². The zero-order valence-electron chi connectivity index (χ0n) is 11.2. The number of hydrogen-bond donors (Lipinski definition) is 1. The Morgan fingerprint density at radius 1 is 1.14 bits per heavy atom. The molecule has 0 aliphatic carbocycles. The molecule has 0 saturated heterocycles. The van der Waals surface area contributed by atoms with E-state index in [1.54, 1.807) is 18.2 Å². The first kappa shape index (κ1) is 15.3. The third kappa shape index (κ3) is 3.09. The second kappa shape index (κ2) is 6.24. The number of thiophene rings is 1. The van der Waals surface area contributed by atoms with E-state index in [9.17, 15) is 9.18 Å². The highest BCUT2D eigenvalue weighted by Gasteiger charge is 2.17. The number of hydrogen-bond acceptors (Lipinski definition) is 2. The summed E-state index contributed by atoms with van der Waals surface area (Å²) in [6, 6.07) is 11.5. The van der Waals surface area contributed by atoms with E-state index in [-0.39, 0.29) is 11.7 Å². The largest absolute Gasteiger partial charge is 0.347 e. The van der Waals surface area contributed by atoms with Crippen molar-refractivity contribution in [2.45, 2.75) is 6.54 Å². The van der Waals surface area contributed by atoms with Crippen LogP contribution in [0.1, 0.15) is 15.2 Å². The van der Waals surface area contributed by atoms with Gasteiger partial charge in [-0.2, -0.15) is 0 Å². The van der Waals surface area contributed by atoms with E-state index < -0.39 is 0 Å². The molecule has 1 heterocycles. The van der Waals surface area contributed by atoms with Crippen molar-refractivity contribution in [1.82, 2.24) is 5.32 Å². The lowest BCUT2D eigenvalue weighted by Crippen LogP contribution is -2.22. The number of rotatable bonds is 3. The Bertz CT molecular complexity index is 845. The van der Waals surface area contributed by atoms with Gasteiger partial charge in [0.25, 0.3) is 5.91 Å². The summed E-state index contributed by atoms with van der Waals surface area (Å²) in [6.07, 6.45) is 0. The van der Waals surface area contributed by atoms with Gasteiger partial charge in [-0.1, -0.05) is 35.3 Å². The Hall–Kier alpha value is -1.62. The lowest BCUT2D eigenvalue weighted by Gasteiger charge is -2.04. The molecule has 6 heteroatoms. The summed E-state index contributed by atoms with van der Waals surface area (Å²) in [5.41, 5.74) is 0.932. The van der Waals surface area contributed by atoms with E-state index in [0.29, 0.717) is 31.6 Å². The van der Waals surface area contributed by atoms with Gasteiger partial charge in [-0.05, 0) is 35.9 Å². The van der Waals surface area contributed by atoms with Crippen molar-refractivity contribution in [3.05, 3.63) is 68.8 Å². The minimum absolute atomic E-state index is 0.276. The van der Waals surface area contributed by atoms with Gasteiger partial charge >= 0.3 is 0 Å². The van der Waals surface area contributed by atoms with Gasteiger partial charge in [0.05, 0.1) is 5.02 Å². The summed E-state index contributed by atoms with van der Waals surface area (Å²) in [5, 5.41) is 4.48. The molecule has 0 spiro atoms. The average molecular weight is 354 g/mol. The van der Waals surface area contributed by atoms with Gasteiger partial charge in [0, 0.05) is 21.7 Å². The monoisotopic (exact) mass is 353 g/mol. The Labute approximate surface area is 140 Å². The molecule has 1 amide bonds. The molecule has 2 aromatic carbocycles. The molecule has 1 N–H and O–H groups in total. The van der Waals surface area contributed by atoms with Crippen molar-refractivity contribution >= 4 is 50.5 Å². The third-order valence-corrected chi connectivity index (χ3v) is 5.07. The van der Waals surface area contributed by atoms with Crippen LogP contribution >= 0.6 is 34.5 Å². The molecule has 0 saturated carbocycles. The molecular formula is C16H10Cl2FNOS. The van der Waals surface area contributed by atoms with Gasteiger partial charge in [0.1, 0.15) is 10.7 Å². The van der Waals surface area contributed by atoms with Crippen LogP contribution in [0.2, 0.25) is 10.0 Å². The fraction of sp³-hybridized carbons (Fsp3) is 0.0625. The van der Waals surface area contributed by atoms with Crippen LogP contribution in [0.15, 0.2) is 42.5 Å². The first-order valence-corrected chi connectivity index (χ1v) is 8.02. The second-order valence-corrected chi connectivity index (χ2v) is 6.56. The summed E-state index contributed by atoms with van der Waals surface area (Å²) in [7, 11) is 0. The van der Waals surface area contributed by atoms with Gasteiger partial charge in [0.2, 0.25) is 0 Å². The summed E-state index contributed by atoms with van der Waals surface area (Å²) < 4.78 is 13.9. The summed E-state index contributed by atoms with van der Waals surface area (Å²) in [4.78, 5) is 12.6. The van der Waals surface area contributed by atoms with Crippen molar-refractivity contribution in [3.8, 4) is 0 Å². The fourth-order valence-electron chi connectivity index (χ4n) is 2.05. The standard InChI is InChI=1S/C16H10Cl2FNOS/c17-10-3-1-9(2-4-10)8-20-16(21)15-14(18)12-6-5-11(19)7-13(12)22-15/h1-7H,8H2,(H,20,21). The predicted molar refractivity (Wildman–Crippen MR) is 89.4 cm³/mol. The first-order valence-electron chi connectivity index (χ1n) is 6.45. The van der Waals surface area contributed by atoms with Crippen molar-refractivity contribution < 1.29 is 9.18 Å². The number of benzene rings is 2. The maximum absolute atomic E-state index is 13.2. The summed E-state index contributed by atoms with van der Waals surface area (Å²) in [6.45, 7) is 0.370. The minimum Gasteiger partial charge on any atom is -0.347 e. The predicted octanol–water partition coefficient (Wildman–Crippen LogP) is 5.28. The SMILES string of the molecule is O=C(NCc1ccc(Cl)cc1)c1sc2cc(F)ccc2c1Cl. The van der Waals surface area contributed by atoms with E-state index in [2.05, 4.69) is 5.32 Å². The molecule has 3 rings (SSSR count). The lowest BCUT2D eigenvalue weighted by molar-refractivity contribution is 0.0955. The van der Waals surface area contributed by atoms with Crippen LogP contribution < -0.4 is 5.32 Å². The zero-order valence-corrected chi connectivity index (χ0v) is 13.5. The highest BCUT2D eigenvalue weighted by Crippen LogP contribution is 2.35. The summed E-state index contributed by atoms with van der Waals surface area (Å²) >= 11 is 13.2. The molecule has 1 aromatic heterocycles. The van der Waals surface area contributed by atoms with Crippen molar-refractivity contribution in [2.75, 3.05) is 0 Å². The second-order valence-electron chi connectivity index (χ2n) is 4.69. The molecule has 3 aromatic rings. The normalized spacial score (nSPS) is 10.9. The Kier molecular flexibility index (Phi) is 4.34. The van der Waals surface area contributed by atoms with Crippen molar-refractivity contribution in [3.63, 3.8) is 0 Å². The average Bonchev–Trinajstić information content (AvgIpc) is 2.83. The van der Waals surface area contributed by atoms with Crippen LogP contribution in [-0.4, -0.2) is 5.91 Å². The van der Waals surface area contributed by atoms with Crippen LogP contribution in [0.4, 0.5) is 4.39 Å². The van der Waals surface area contributed by atoms with E-state index in [1.807, 2.05) is 12.1 Å². The molecule has 0 bridgehead atoms. The van der Waals surface area contributed by atoms with Crippen LogP contribution in [0.3, 0.4) is 0 Å². The number of carbonyl (C=O) groups excluding carboxylic acids is 1. The van der Waals surface area contributed by atoms with Gasteiger partial charge in [-0.15, -0.1) is 11.3 Å². The maximum Gasteiger partial charge on any atom is 0.263 e. The molecular weight excluding hydrogens is 344 g/mol. The van der Waals surface area contributed by atoms with Crippen molar-refractivity contribution in [2.24, 2.45) is 0 Å². The molecule has 0 aliphatic rings. The van der Waals surface area contributed by atoms with Gasteiger partial charge in [-0.25, -0.2) is 4.39 Å². The number of halogens is 3. The number of carbonyl (C=O) groups is 1. The molecule has 0 atom stereocenters. The van der Waals surface area contributed by atoms with E-state index in [4.69, 9.17) is 23.2 Å². The van der Waals surface area contributed by atoms with Crippen LogP contribution in [-0.2, 0) is 6.54 Å². The van der Waals surface area contributed by atoms with E-state index in [0.717, 1.165) is 5.56 Å². The van der Waals surface area contributed by atoms with Gasteiger partial charge < -0.3 is 5.32 Å². The molecule has 0 aliphatic heterocycles. The van der Waals surface area contributed by atoms with Crippen LogP contribution in [0.25, 0.3) is 10.1 Å². The first-order chi connectivity index (χ1) is 10.5. The number of fused-ring (bicyclic) bond motifs is 1. The van der Waals surface area contributed by atoms with E-state index >= 15 is 0 Å². The summed E-state index contributed by atoms with van der Waals surface area (Å²) in [5.74, 6) is -0.625. The van der Waals surface area contributed by atoms with Crippen LogP contribution in [0.5, 0.6) is 0 Å². The molecule has 112 valence electrons. The quantitative estimate of drug-likeness (QED) is 0.681. The molecule has 0 unspecified atom stereocenters. The Morgan fingerprint density at radius 2 is 1.86 bits per heavy atom. The Morgan fingerprint density at radius 3 is 2.59 bits per heavy atom. The topological polar surface area (TPSA) is 29.1 Å². The molecule has 2 nitrogen and oxygen atoms in total. The highest BCUT2D eigenvalue weighted by atomic mass is 35.5. The lowest BCUT2D eigenvalue weighted by atomic mass is 10.2. The van der Waals surface area contributed by atoms with Gasteiger partial charge in [0.15, 0.2) is 0 Å². The third-order valence-electron chi connectivity index (χ3n) is 3.16. The zero-order chi connectivity index (χ0) is 15.7. The number of nitrogens with one attached hydrogen (secondary N) is 1. The molecule has 0 fully saturated rings. The highest BCUT2D eigenvalue weighted by molar-refractivity contribution is 7.21. The fourth-order valence-corrected chi connectivity index (χ4v) is 3.63. The Balaban J connectivity index is 1.80. The molecule has 0 radical (unpaired) electrons. The smallest absolute Gasteiger partial charge is 0.263 e.